The molecule has 1 aliphatic rings. The standard InChI is InChI=1S/C24H26N6O3S/c1-27-22(32)19-9-5-6-10-20(19)30-23(27)25-26-24(30)34-17-21(31)29-13-11-28(12-14-29)15-16-33-18-7-3-2-4-8-18/h2-10H,11-17H2,1H3. The molecule has 0 unspecified atom stereocenters. The first-order chi connectivity index (χ1) is 16.6. The van der Waals surface area contributed by atoms with Gasteiger partial charge in [-0.2, -0.15) is 0 Å². The molecule has 0 saturated carbocycles. The van der Waals surface area contributed by atoms with Crippen LogP contribution in [-0.2, 0) is 11.8 Å². The number of hydrogen-bond donors (Lipinski definition) is 0. The number of piperazine rings is 1. The third-order valence-corrected chi connectivity index (χ3v) is 6.98. The molecule has 5 rings (SSSR count). The number of amides is 1. The molecule has 10 heteroatoms. The Bertz CT molecular complexity index is 1360. The van der Waals surface area contributed by atoms with Gasteiger partial charge in [-0.15, -0.1) is 10.2 Å². The van der Waals surface area contributed by atoms with E-state index in [4.69, 9.17) is 4.74 Å². The van der Waals surface area contributed by atoms with E-state index in [2.05, 4.69) is 15.1 Å². The van der Waals surface area contributed by atoms with E-state index in [1.807, 2.05) is 57.8 Å². The van der Waals surface area contributed by atoms with Gasteiger partial charge in [0.15, 0.2) is 5.16 Å². The van der Waals surface area contributed by atoms with E-state index in [0.717, 1.165) is 30.9 Å². The van der Waals surface area contributed by atoms with Crippen molar-refractivity contribution in [1.82, 2.24) is 29.0 Å². The molecule has 4 aromatic rings. The maximum atomic E-state index is 12.9. The molecule has 1 saturated heterocycles. The van der Waals surface area contributed by atoms with Crippen LogP contribution < -0.4 is 10.3 Å². The molecule has 1 amide bonds. The molecule has 0 atom stereocenters. The molecule has 176 valence electrons. The second-order valence-corrected chi connectivity index (χ2v) is 9.11. The van der Waals surface area contributed by atoms with E-state index < -0.39 is 0 Å². The number of carbonyl (C=O) groups excluding carboxylic acids is 1. The lowest BCUT2D eigenvalue weighted by molar-refractivity contribution is -0.130. The lowest BCUT2D eigenvalue weighted by atomic mass is 10.2. The number of para-hydroxylation sites is 2. The van der Waals surface area contributed by atoms with Gasteiger partial charge < -0.3 is 9.64 Å². The van der Waals surface area contributed by atoms with Gasteiger partial charge in [-0.05, 0) is 24.3 Å². The Kier molecular flexibility index (Phi) is 6.50. The lowest BCUT2D eigenvalue weighted by Crippen LogP contribution is -2.50. The summed E-state index contributed by atoms with van der Waals surface area (Å²) in [6.07, 6.45) is 0. The number of aryl methyl sites for hydroxylation is 1. The van der Waals surface area contributed by atoms with Crippen LogP contribution in [0, 0.1) is 0 Å². The fraction of sp³-hybridized carbons (Fsp3) is 0.333. The Morgan fingerprint density at radius 1 is 1.00 bits per heavy atom. The maximum Gasteiger partial charge on any atom is 0.262 e. The average molecular weight is 479 g/mol. The zero-order valence-corrected chi connectivity index (χ0v) is 19.8. The predicted octanol–water partition coefficient (Wildman–Crippen LogP) is 1.90. The fourth-order valence-electron chi connectivity index (χ4n) is 4.15. The topological polar surface area (TPSA) is 85.0 Å². The van der Waals surface area contributed by atoms with Gasteiger partial charge in [0.05, 0.1) is 16.7 Å². The molecule has 9 nitrogen and oxygen atoms in total. The number of aromatic nitrogens is 4. The highest BCUT2D eigenvalue weighted by atomic mass is 32.2. The number of ether oxygens (including phenoxy) is 1. The summed E-state index contributed by atoms with van der Waals surface area (Å²) in [4.78, 5) is 29.7. The molecule has 0 spiro atoms. The summed E-state index contributed by atoms with van der Waals surface area (Å²) in [5, 5.41) is 9.65. The van der Waals surface area contributed by atoms with Crippen molar-refractivity contribution in [3.05, 3.63) is 65.0 Å². The van der Waals surface area contributed by atoms with Crippen LogP contribution in [0.2, 0.25) is 0 Å². The second-order valence-electron chi connectivity index (χ2n) is 8.17. The summed E-state index contributed by atoms with van der Waals surface area (Å²) in [7, 11) is 1.68. The molecule has 2 aromatic carbocycles. The van der Waals surface area contributed by atoms with Gasteiger partial charge in [-0.3, -0.25) is 23.5 Å². The fourth-order valence-corrected chi connectivity index (χ4v) is 5.00. The van der Waals surface area contributed by atoms with Crippen LogP contribution in [0.3, 0.4) is 0 Å². The molecule has 34 heavy (non-hydrogen) atoms. The van der Waals surface area contributed by atoms with E-state index in [1.165, 1.54) is 16.3 Å². The molecular formula is C24H26N6O3S. The normalized spacial score (nSPS) is 14.7. The average Bonchev–Trinajstić information content (AvgIpc) is 3.31. The first-order valence-electron chi connectivity index (χ1n) is 11.3. The van der Waals surface area contributed by atoms with Gasteiger partial charge in [0.2, 0.25) is 11.7 Å². The smallest absolute Gasteiger partial charge is 0.262 e. The number of nitrogens with zero attached hydrogens (tertiary/aromatic N) is 6. The third kappa shape index (κ3) is 4.51. The highest BCUT2D eigenvalue weighted by Crippen LogP contribution is 2.21. The largest absolute Gasteiger partial charge is 0.492 e. The molecule has 0 N–H and O–H groups in total. The van der Waals surface area contributed by atoms with E-state index >= 15 is 0 Å². The Hall–Kier alpha value is -3.37. The lowest BCUT2D eigenvalue weighted by Gasteiger charge is -2.34. The SMILES string of the molecule is Cn1c(=O)c2ccccc2n2c(SCC(=O)N3CCN(CCOc4ccccc4)CC3)nnc12. The van der Waals surface area contributed by atoms with Gasteiger partial charge in [0.25, 0.3) is 5.56 Å². The summed E-state index contributed by atoms with van der Waals surface area (Å²) >= 11 is 1.35. The number of fused-ring (bicyclic) bond motifs is 3. The first kappa shape index (κ1) is 22.4. The number of benzene rings is 2. The van der Waals surface area contributed by atoms with Gasteiger partial charge >= 0.3 is 0 Å². The molecule has 1 fully saturated rings. The molecule has 3 heterocycles. The van der Waals surface area contributed by atoms with Crippen molar-refractivity contribution < 1.29 is 9.53 Å². The minimum absolute atomic E-state index is 0.0797. The van der Waals surface area contributed by atoms with Crippen molar-refractivity contribution >= 4 is 34.3 Å². The molecule has 1 aliphatic heterocycles. The van der Waals surface area contributed by atoms with E-state index in [0.29, 0.717) is 36.0 Å². The quantitative estimate of drug-likeness (QED) is 0.375. The van der Waals surface area contributed by atoms with Crippen molar-refractivity contribution in [1.29, 1.82) is 0 Å². The number of rotatable bonds is 7. The zero-order valence-electron chi connectivity index (χ0n) is 19.0. The van der Waals surface area contributed by atoms with Crippen LogP contribution in [0.4, 0.5) is 0 Å². The van der Waals surface area contributed by atoms with Crippen LogP contribution in [-0.4, -0.2) is 80.0 Å². The summed E-state index contributed by atoms with van der Waals surface area (Å²) in [5.41, 5.74) is 0.627. The molecule has 2 aromatic heterocycles. The van der Waals surface area contributed by atoms with Crippen molar-refractivity contribution in [2.75, 3.05) is 45.1 Å². The van der Waals surface area contributed by atoms with Gasteiger partial charge in [-0.1, -0.05) is 42.1 Å². The second kappa shape index (κ2) is 9.86. The van der Waals surface area contributed by atoms with Crippen molar-refractivity contribution in [2.24, 2.45) is 7.05 Å². The minimum Gasteiger partial charge on any atom is -0.492 e. The van der Waals surface area contributed by atoms with Crippen LogP contribution in [0.5, 0.6) is 5.75 Å². The van der Waals surface area contributed by atoms with Crippen LogP contribution in [0.15, 0.2) is 64.5 Å². The Morgan fingerprint density at radius 2 is 1.74 bits per heavy atom. The monoisotopic (exact) mass is 478 g/mol. The van der Waals surface area contributed by atoms with Crippen LogP contribution in [0.25, 0.3) is 16.7 Å². The van der Waals surface area contributed by atoms with E-state index in [1.54, 1.807) is 13.1 Å². The molecule has 0 bridgehead atoms. The summed E-state index contributed by atoms with van der Waals surface area (Å²) < 4.78 is 9.12. The Morgan fingerprint density at radius 3 is 2.53 bits per heavy atom. The molecule has 0 radical (unpaired) electrons. The number of carbonyl (C=O) groups is 1. The molecular weight excluding hydrogens is 452 g/mol. The number of thioether (sulfide) groups is 1. The predicted molar refractivity (Wildman–Crippen MR) is 131 cm³/mol. The van der Waals surface area contributed by atoms with Crippen molar-refractivity contribution in [3.63, 3.8) is 0 Å². The third-order valence-electron chi connectivity index (χ3n) is 6.07. The maximum absolute atomic E-state index is 12.9. The van der Waals surface area contributed by atoms with E-state index in [9.17, 15) is 9.59 Å². The van der Waals surface area contributed by atoms with E-state index in [-0.39, 0.29) is 17.2 Å². The summed E-state index contributed by atoms with van der Waals surface area (Å²) in [6.45, 7) is 4.52. The number of hydrogen-bond acceptors (Lipinski definition) is 7. The van der Waals surface area contributed by atoms with Gasteiger partial charge in [0.1, 0.15) is 12.4 Å². The van der Waals surface area contributed by atoms with Crippen molar-refractivity contribution in [2.45, 2.75) is 5.16 Å². The summed E-state index contributed by atoms with van der Waals surface area (Å²) in [6, 6.07) is 17.2. The van der Waals surface area contributed by atoms with Gasteiger partial charge in [0, 0.05) is 39.8 Å². The Balaban J connectivity index is 1.17. The summed E-state index contributed by atoms with van der Waals surface area (Å²) in [5.74, 6) is 1.69. The highest BCUT2D eigenvalue weighted by Gasteiger charge is 2.22. The zero-order chi connectivity index (χ0) is 23.5. The molecule has 0 aliphatic carbocycles. The Labute approximate surface area is 200 Å². The van der Waals surface area contributed by atoms with Gasteiger partial charge in [-0.25, -0.2) is 0 Å². The van der Waals surface area contributed by atoms with Crippen molar-refractivity contribution in [3.8, 4) is 5.75 Å². The minimum atomic E-state index is -0.116. The van der Waals surface area contributed by atoms with Crippen LogP contribution in [0.1, 0.15) is 0 Å². The van der Waals surface area contributed by atoms with Crippen LogP contribution >= 0.6 is 11.8 Å². The highest BCUT2D eigenvalue weighted by molar-refractivity contribution is 7.99. The first-order valence-corrected chi connectivity index (χ1v) is 12.2.